The highest BCUT2D eigenvalue weighted by Crippen LogP contribution is 2.11. The minimum absolute atomic E-state index is 0.337. The fraction of sp³-hybridized carbons (Fsp3) is 0.905. The SMILES string of the molecule is CCCCCCCCC=CCCCCCCCCCCOS(C)(=O)=O. The van der Waals surface area contributed by atoms with Gasteiger partial charge in [-0.3, -0.25) is 4.18 Å². The Morgan fingerprint density at radius 2 is 1.04 bits per heavy atom. The molecule has 0 rings (SSSR count). The molecule has 0 aromatic carbocycles. The molecule has 0 saturated carbocycles. The first-order valence-electron chi connectivity index (χ1n) is 10.6. The zero-order valence-electron chi connectivity index (χ0n) is 16.8. The molecule has 0 radical (unpaired) electrons. The Balaban J connectivity index is 3.12. The molecule has 0 atom stereocenters. The van der Waals surface area contributed by atoms with Crippen LogP contribution in [0.25, 0.3) is 0 Å². The molecule has 4 heteroatoms. The van der Waals surface area contributed by atoms with Gasteiger partial charge < -0.3 is 0 Å². The number of hydrogen-bond acceptors (Lipinski definition) is 3. The summed E-state index contributed by atoms with van der Waals surface area (Å²) in [4.78, 5) is 0. The van der Waals surface area contributed by atoms with E-state index in [9.17, 15) is 8.42 Å². The van der Waals surface area contributed by atoms with Crippen molar-refractivity contribution in [3.8, 4) is 0 Å². The molecule has 0 amide bonds. The van der Waals surface area contributed by atoms with E-state index in [1.807, 2.05) is 0 Å². The van der Waals surface area contributed by atoms with Crippen molar-refractivity contribution in [3.05, 3.63) is 12.2 Å². The van der Waals surface area contributed by atoms with E-state index in [2.05, 4.69) is 19.1 Å². The Hall–Kier alpha value is -0.350. The van der Waals surface area contributed by atoms with Crippen LogP contribution in [0.2, 0.25) is 0 Å². The molecule has 0 aromatic heterocycles. The number of unbranched alkanes of at least 4 members (excludes halogenated alkanes) is 14. The van der Waals surface area contributed by atoms with Gasteiger partial charge in [-0.25, -0.2) is 0 Å². The van der Waals surface area contributed by atoms with Crippen LogP contribution in [-0.2, 0) is 14.3 Å². The molecular weight excluding hydrogens is 332 g/mol. The fourth-order valence-corrected chi connectivity index (χ4v) is 3.33. The third-order valence-electron chi connectivity index (χ3n) is 4.45. The van der Waals surface area contributed by atoms with Crippen molar-refractivity contribution in [1.29, 1.82) is 0 Å². The molecule has 0 aromatic rings. The van der Waals surface area contributed by atoms with Crippen LogP contribution in [0.3, 0.4) is 0 Å². The maximum Gasteiger partial charge on any atom is 0.264 e. The Bertz CT molecular complexity index is 388. The van der Waals surface area contributed by atoms with E-state index in [4.69, 9.17) is 4.18 Å². The normalized spacial score (nSPS) is 12.2. The predicted molar refractivity (Wildman–Crippen MR) is 109 cm³/mol. The maximum atomic E-state index is 10.8. The lowest BCUT2D eigenvalue weighted by Gasteiger charge is -2.02. The summed E-state index contributed by atoms with van der Waals surface area (Å²) in [5.74, 6) is 0. The van der Waals surface area contributed by atoms with Gasteiger partial charge in [-0.05, 0) is 32.1 Å². The van der Waals surface area contributed by atoms with Crippen molar-refractivity contribution in [2.75, 3.05) is 12.9 Å². The Morgan fingerprint density at radius 3 is 1.48 bits per heavy atom. The van der Waals surface area contributed by atoms with Gasteiger partial charge in [0.1, 0.15) is 0 Å². The molecule has 150 valence electrons. The fourth-order valence-electron chi connectivity index (χ4n) is 2.91. The van der Waals surface area contributed by atoms with Crippen LogP contribution in [0.5, 0.6) is 0 Å². The second kappa shape index (κ2) is 18.4. The number of rotatable bonds is 19. The summed E-state index contributed by atoms with van der Waals surface area (Å²) in [5.41, 5.74) is 0. The van der Waals surface area contributed by atoms with Gasteiger partial charge in [0.2, 0.25) is 0 Å². The van der Waals surface area contributed by atoms with Crippen LogP contribution in [0.1, 0.15) is 110 Å². The lowest BCUT2D eigenvalue weighted by Crippen LogP contribution is -2.03. The monoisotopic (exact) mass is 374 g/mol. The van der Waals surface area contributed by atoms with Gasteiger partial charge in [0.15, 0.2) is 0 Å². The molecule has 0 unspecified atom stereocenters. The van der Waals surface area contributed by atoms with E-state index in [1.165, 1.54) is 89.9 Å². The zero-order valence-corrected chi connectivity index (χ0v) is 17.6. The topological polar surface area (TPSA) is 43.4 Å². The zero-order chi connectivity index (χ0) is 18.6. The molecule has 3 nitrogen and oxygen atoms in total. The smallest absolute Gasteiger partial charge is 0.264 e. The van der Waals surface area contributed by atoms with Crippen molar-refractivity contribution >= 4 is 10.1 Å². The molecule has 0 aliphatic rings. The Morgan fingerprint density at radius 1 is 0.640 bits per heavy atom. The van der Waals surface area contributed by atoms with E-state index >= 15 is 0 Å². The Kier molecular flexibility index (Phi) is 18.2. The molecule has 0 saturated heterocycles. The van der Waals surface area contributed by atoms with Crippen LogP contribution in [-0.4, -0.2) is 21.3 Å². The standard InChI is InChI=1S/C21H42O3S/c1-3-4-5-6-7-8-9-10-11-12-13-14-15-16-17-18-19-20-21-24-25(2,22)23/h10-11H,3-9,12-21H2,1-2H3. The first-order chi connectivity index (χ1) is 12.1. The lowest BCUT2D eigenvalue weighted by molar-refractivity contribution is 0.309. The van der Waals surface area contributed by atoms with Gasteiger partial charge in [0, 0.05) is 0 Å². The molecular formula is C21H42O3S. The number of allylic oxidation sites excluding steroid dienone is 2. The van der Waals surface area contributed by atoms with Crippen molar-refractivity contribution in [3.63, 3.8) is 0 Å². The van der Waals surface area contributed by atoms with Crippen LogP contribution in [0, 0.1) is 0 Å². The minimum atomic E-state index is -3.25. The van der Waals surface area contributed by atoms with Gasteiger partial charge in [0.25, 0.3) is 10.1 Å². The summed E-state index contributed by atoms with van der Waals surface area (Å²) in [6, 6.07) is 0. The largest absolute Gasteiger partial charge is 0.270 e. The highest BCUT2D eigenvalue weighted by atomic mass is 32.2. The van der Waals surface area contributed by atoms with Crippen molar-refractivity contribution in [2.24, 2.45) is 0 Å². The first kappa shape index (κ1) is 24.7. The van der Waals surface area contributed by atoms with Gasteiger partial charge in [-0.15, -0.1) is 0 Å². The maximum absolute atomic E-state index is 10.8. The first-order valence-corrected chi connectivity index (χ1v) is 12.4. The summed E-state index contributed by atoms with van der Waals surface area (Å²) in [6.07, 6.45) is 26.3. The Labute approximate surface area is 157 Å². The van der Waals surface area contributed by atoms with Gasteiger partial charge >= 0.3 is 0 Å². The molecule has 0 fully saturated rings. The quantitative estimate of drug-likeness (QED) is 0.142. The van der Waals surface area contributed by atoms with Gasteiger partial charge in [0.05, 0.1) is 12.9 Å². The third-order valence-corrected chi connectivity index (χ3v) is 5.05. The van der Waals surface area contributed by atoms with Gasteiger partial charge in [-0.2, -0.15) is 8.42 Å². The molecule has 0 heterocycles. The van der Waals surface area contributed by atoms with Crippen LogP contribution in [0.15, 0.2) is 12.2 Å². The second-order valence-corrected chi connectivity index (χ2v) is 8.81. The molecule has 0 spiro atoms. The number of hydrogen-bond donors (Lipinski definition) is 0. The summed E-state index contributed by atoms with van der Waals surface area (Å²) in [5, 5.41) is 0. The minimum Gasteiger partial charge on any atom is -0.270 e. The predicted octanol–water partition coefficient (Wildman–Crippen LogP) is 6.78. The van der Waals surface area contributed by atoms with Crippen molar-refractivity contribution in [1.82, 2.24) is 0 Å². The van der Waals surface area contributed by atoms with Crippen molar-refractivity contribution in [2.45, 2.75) is 110 Å². The molecule has 0 bridgehead atoms. The molecule has 25 heavy (non-hydrogen) atoms. The van der Waals surface area contributed by atoms with Crippen LogP contribution >= 0.6 is 0 Å². The van der Waals surface area contributed by atoms with Crippen molar-refractivity contribution < 1.29 is 12.6 Å². The highest BCUT2D eigenvalue weighted by Gasteiger charge is 2.00. The van der Waals surface area contributed by atoms with Gasteiger partial charge in [-0.1, -0.05) is 89.7 Å². The summed E-state index contributed by atoms with van der Waals surface area (Å²) >= 11 is 0. The van der Waals surface area contributed by atoms with E-state index < -0.39 is 10.1 Å². The third kappa shape index (κ3) is 23.6. The molecule has 0 aliphatic heterocycles. The average Bonchev–Trinajstić information content (AvgIpc) is 2.56. The molecule has 0 N–H and O–H groups in total. The van der Waals surface area contributed by atoms with Crippen LogP contribution < -0.4 is 0 Å². The molecule has 0 aliphatic carbocycles. The van der Waals surface area contributed by atoms with E-state index in [-0.39, 0.29) is 0 Å². The average molecular weight is 375 g/mol. The lowest BCUT2D eigenvalue weighted by atomic mass is 10.1. The highest BCUT2D eigenvalue weighted by molar-refractivity contribution is 7.85. The van der Waals surface area contributed by atoms with E-state index in [1.54, 1.807) is 0 Å². The summed E-state index contributed by atoms with van der Waals surface area (Å²) in [7, 11) is -3.25. The summed E-state index contributed by atoms with van der Waals surface area (Å²) in [6.45, 7) is 2.60. The van der Waals surface area contributed by atoms with E-state index in [0.29, 0.717) is 6.61 Å². The second-order valence-electron chi connectivity index (χ2n) is 7.17. The van der Waals surface area contributed by atoms with E-state index in [0.717, 1.165) is 19.1 Å². The summed E-state index contributed by atoms with van der Waals surface area (Å²) < 4.78 is 26.3. The van der Waals surface area contributed by atoms with Crippen LogP contribution in [0.4, 0.5) is 0 Å².